The molecule has 2 rings (SSSR count). The Morgan fingerprint density at radius 3 is 2.77 bits per heavy atom. The molecule has 3 nitrogen and oxygen atoms in total. The van der Waals surface area contributed by atoms with Gasteiger partial charge in [0.05, 0.1) is 11.4 Å². The van der Waals surface area contributed by atoms with E-state index < -0.39 is 0 Å². The van der Waals surface area contributed by atoms with Crippen LogP contribution in [-0.2, 0) is 20.0 Å². The summed E-state index contributed by atoms with van der Waals surface area (Å²) in [7, 11) is 2.03. The lowest BCUT2D eigenvalue weighted by atomic mass is 10.2. The molecule has 2 heterocycles. The smallest absolute Gasteiger partial charge is 0.177 e. The molecule has 13 heavy (non-hydrogen) atoms. The third-order valence-electron chi connectivity index (χ3n) is 2.07. The lowest BCUT2D eigenvalue weighted by molar-refractivity contribution is 0.605. The van der Waals surface area contributed by atoms with Gasteiger partial charge in [-0.15, -0.1) is 24.8 Å². The number of halogens is 3. The molecule has 0 spiro atoms. The maximum absolute atomic E-state index is 4.39. The quantitative estimate of drug-likeness (QED) is 0.787. The molecule has 1 aliphatic heterocycles. The van der Waals surface area contributed by atoms with Gasteiger partial charge in [-0.3, -0.25) is 0 Å². The second kappa shape index (κ2) is 5.20. The maximum Gasteiger partial charge on any atom is 0.177 e. The minimum absolute atomic E-state index is 0. The average Bonchev–Trinajstić information content (AvgIpc) is 2.30. The van der Waals surface area contributed by atoms with Crippen molar-refractivity contribution in [2.75, 3.05) is 6.54 Å². The van der Waals surface area contributed by atoms with Gasteiger partial charge >= 0.3 is 0 Å². The van der Waals surface area contributed by atoms with E-state index in [4.69, 9.17) is 0 Å². The van der Waals surface area contributed by atoms with E-state index in [9.17, 15) is 0 Å². The van der Waals surface area contributed by atoms with Gasteiger partial charge in [-0.05, 0) is 15.9 Å². The molecule has 6 heteroatoms. The number of nitrogens with one attached hydrogen (secondary N) is 1. The van der Waals surface area contributed by atoms with E-state index >= 15 is 0 Å². The van der Waals surface area contributed by atoms with Crippen LogP contribution in [0.3, 0.4) is 0 Å². The van der Waals surface area contributed by atoms with Gasteiger partial charge in [0.15, 0.2) is 4.73 Å². The fourth-order valence-corrected chi connectivity index (χ4v) is 1.82. The summed E-state index contributed by atoms with van der Waals surface area (Å²) in [5.74, 6) is 0. The Morgan fingerprint density at radius 1 is 1.46 bits per heavy atom. The predicted octanol–water partition coefficient (Wildman–Crippen LogP) is 1.67. The molecular weight excluding hydrogens is 277 g/mol. The molecule has 0 unspecified atom stereocenters. The van der Waals surface area contributed by atoms with Crippen molar-refractivity contribution < 1.29 is 0 Å². The molecule has 0 bridgehead atoms. The molecule has 0 saturated carbocycles. The first kappa shape index (κ1) is 13.2. The normalized spacial score (nSPS) is 14.0. The van der Waals surface area contributed by atoms with Crippen molar-refractivity contribution in [3.8, 4) is 0 Å². The highest BCUT2D eigenvalue weighted by atomic mass is 79.9. The van der Waals surface area contributed by atoms with Crippen LogP contribution < -0.4 is 5.32 Å². The van der Waals surface area contributed by atoms with Gasteiger partial charge in [0.2, 0.25) is 0 Å². The third-order valence-corrected chi connectivity index (χ3v) is 2.78. The standard InChI is InChI=1S/C7H10BrN3.2ClH/c1-11-6-4-9-3-2-5(6)10-7(11)8;;/h9H,2-4H2,1H3;2*1H. The minimum atomic E-state index is 0. The van der Waals surface area contributed by atoms with Crippen molar-refractivity contribution in [1.29, 1.82) is 0 Å². The summed E-state index contributed by atoms with van der Waals surface area (Å²) in [5.41, 5.74) is 2.54. The number of rotatable bonds is 0. The highest BCUT2D eigenvalue weighted by Gasteiger charge is 2.15. The molecule has 0 aliphatic carbocycles. The average molecular weight is 289 g/mol. The third kappa shape index (κ3) is 2.37. The van der Waals surface area contributed by atoms with Gasteiger partial charge in [0.1, 0.15) is 0 Å². The summed E-state index contributed by atoms with van der Waals surface area (Å²) < 4.78 is 3.02. The van der Waals surface area contributed by atoms with Gasteiger partial charge in [-0.2, -0.15) is 0 Å². The van der Waals surface area contributed by atoms with Crippen LogP contribution in [0.5, 0.6) is 0 Å². The van der Waals surface area contributed by atoms with Crippen molar-refractivity contribution in [2.45, 2.75) is 13.0 Å². The van der Waals surface area contributed by atoms with Crippen LogP contribution in [0.15, 0.2) is 4.73 Å². The van der Waals surface area contributed by atoms with E-state index in [1.54, 1.807) is 0 Å². The number of fused-ring (bicyclic) bond motifs is 1. The first-order chi connectivity index (χ1) is 5.29. The molecule has 1 aliphatic rings. The van der Waals surface area contributed by atoms with Gasteiger partial charge in [-0.1, -0.05) is 0 Å². The largest absolute Gasteiger partial charge is 0.324 e. The Kier molecular flexibility index (Phi) is 5.29. The van der Waals surface area contributed by atoms with Gasteiger partial charge in [0.25, 0.3) is 0 Å². The molecule has 0 amide bonds. The zero-order valence-electron chi connectivity index (χ0n) is 7.21. The van der Waals surface area contributed by atoms with Crippen LogP contribution in [0.25, 0.3) is 0 Å². The van der Waals surface area contributed by atoms with Crippen molar-refractivity contribution in [1.82, 2.24) is 14.9 Å². The number of imidazole rings is 1. The Morgan fingerprint density at radius 2 is 2.15 bits per heavy atom. The predicted molar refractivity (Wildman–Crippen MR) is 60.8 cm³/mol. The molecule has 1 N–H and O–H groups in total. The number of nitrogens with zero attached hydrogens (tertiary/aromatic N) is 2. The van der Waals surface area contributed by atoms with Crippen LogP contribution in [0.1, 0.15) is 11.4 Å². The zero-order chi connectivity index (χ0) is 7.84. The van der Waals surface area contributed by atoms with Gasteiger partial charge in [-0.25, -0.2) is 4.98 Å². The van der Waals surface area contributed by atoms with Crippen LogP contribution in [0, 0.1) is 0 Å². The SMILES string of the molecule is Cl.Cl.Cn1c(Br)nc2c1CNCC2. The number of hydrogen-bond acceptors (Lipinski definition) is 2. The Bertz CT molecular complexity index is 288. The highest BCUT2D eigenvalue weighted by molar-refractivity contribution is 9.10. The monoisotopic (exact) mass is 287 g/mol. The second-order valence-electron chi connectivity index (χ2n) is 2.76. The van der Waals surface area contributed by atoms with Gasteiger partial charge < -0.3 is 9.88 Å². The first-order valence-electron chi connectivity index (χ1n) is 3.69. The maximum atomic E-state index is 4.39. The lowest BCUT2D eigenvalue weighted by Crippen LogP contribution is -2.24. The Hall–Kier alpha value is 0.230. The molecule has 0 fully saturated rings. The van der Waals surface area contributed by atoms with E-state index in [1.165, 1.54) is 11.4 Å². The summed E-state index contributed by atoms with van der Waals surface area (Å²) in [5, 5.41) is 3.31. The Balaban J connectivity index is 0.000000720. The van der Waals surface area contributed by atoms with E-state index in [-0.39, 0.29) is 24.8 Å². The molecule has 1 aromatic rings. The highest BCUT2D eigenvalue weighted by Crippen LogP contribution is 2.17. The molecule has 0 radical (unpaired) electrons. The van der Waals surface area contributed by atoms with Crippen molar-refractivity contribution in [3.05, 3.63) is 16.1 Å². The molecule has 0 atom stereocenters. The summed E-state index contributed by atoms with van der Waals surface area (Å²) in [6.45, 7) is 2.00. The fraction of sp³-hybridized carbons (Fsp3) is 0.571. The summed E-state index contributed by atoms with van der Waals surface area (Å²) in [6.07, 6.45) is 1.05. The molecule has 1 aromatic heterocycles. The molecule has 76 valence electrons. The van der Waals surface area contributed by atoms with Crippen molar-refractivity contribution in [3.63, 3.8) is 0 Å². The second-order valence-corrected chi connectivity index (χ2v) is 3.47. The van der Waals surface area contributed by atoms with Crippen LogP contribution in [0.4, 0.5) is 0 Å². The fourth-order valence-electron chi connectivity index (χ4n) is 1.39. The molecular formula is C7H12BrCl2N3. The van der Waals surface area contributed by atoms with Crippen molar-refractivity contribution in [2.24, 2.45) is 7.05 Å². The van der Waals surface area contributed by atoms with Crippen LogP contribution in [0.2, 0.25) is 0 Å². The summed E-state index contributed by atoms with van der Waals surface area (Å²) >= 11 is 3.40. The zero-order valence-corrected chi connectivity index (χ0v) is 10.4. The first-order valence-corrected chi connectivity index (χ1v) is 4.49. The van der Waals surface area contributed by atoms with E-state index in [0.717, 1.165) is 24.2 Å². The molecule has 0 aromatic carbocycles. The molecule has 0 saturated heterocycles. The van der Waals surface area contributed by atoms with Crippen LogP contribution >= 0.6 is 40.7 Å². The Labute approximate surface area is 98.2 Å². The minimum Gasteiger partial charge on any atom is -0.324 e. The van der Waals surface area contributed by atoms with Crippen molar-refractivity contribution >= 4 is 40.7 Å². The van der Waals surface area contributed by atoms with Gasteiger partial charge in [0, 0.05) is 26.6 Å². The van der Waals surface area contributed by atoms with E-state index in [2.05, 4.69) is 30.8 Å². The summed E-state index contributed by atoms with van der Waals surface area (Å²) in [4.78, 5) is 4.39. The van der Waals surface area contributed by atoms with E-state index in [1.807, 2.05) is 7.05 Å². The topological polar surface area (TPSA) is 29.9 Å². The number of hydrogen-bond donors (Lipinski definition) is 1. The number of aromatic nitrogens is 2. The lowest BCUT2D eigenvalue weighted by Gasteiger charge is -2.12. The van der Waals surface area contributed by atoms with E-state index in [0.29, 0.717) is 0 Å². The summed E-state index contributed by atoms with van der Waals surface area (Å²) in [6, 6.07) is 0. The van der Waals surface area contributed by atoms with Crippen LogP contribution in [-0.4, -0.2) is 16.1 Å².